The van der Waals surface area contributed by atoms with Crippen molar-refractivity contribution in [2.45, 2.75) is 18.9 Å². The molecule has 0 fully saturated rings. The molecule has 0 spiro atoms. The SMILES string of the molecule is C=CCc1ccccc1.N[C@H](CO)Cc1ccccc1. The van der Waals surface area contributed by atoms with Crippen molar-refractivity contribution in [1.29, 1.82) is 0 Å². The first-order chi connectivity index (χ1) is 9.76. The third-order valence-electron chi connectivity index (χ3n) is 2.80. The Labute approximate surface area is 121 Å². The van der Waals surface area contributed by atoms with Crippen LogP contribution in [0.2, 0.25) is 0 Å². The lowest BCUT2D eigenvalue weighted by Crippen LogP contribution is -2.26. The number of aliphatic hydroxyl groups excluding tert-OH is 1. The molecule has 3 N–H and O–H groups in total. The number of benzene rings is 2. The highest BCUT2D eigenvalue weighted by Crippen LogP contribution is 2.00. The second-order valence-electron chi connectivity index (χ2n) is 4.61. The highest BCUT2D eigenvalue weighted by atomic mass is 16.3. The van der Waals surface area contributed by atoms with Crippen LogP contribution in [0.25, 0.3) is 0 Å². The van der Waals surface area contributed by atoms with E-state index in [4.69, 9.17) is 10.8 Å². The standard InChI is InChI=1S/C9H13NO.C9H10/c10-9(7-11)6-8-4-2-1-3-5-8;1-2-6-9-7-4-3-5-8-9/h1-5,9,11H,6-7,10H2;2-5,7-8H,1,6H2/t9-;/m0./s1. The minimum atomic E-state index is -0.127. The van der Waals surface area contributed by atoms with Gasteiger partial charge in [0.1, 0.15) is 0 Å². The minimum Gasteiger partial charge on any atom is -0.395 e. The maximum absolute atomic E-state index is 8.67. The molecular weight excluding hydrogens is 246 g/mol. The summed E-state index contributed by atoms with van der Waals surface area (Å²) < 4.78 is 0. The molecule has 0 aliphatic rings. The predicted molar refractivity (Wildman–Crippen MR) is 85.6 cm³/mol. The highest BCUT2D eigenvalue weighted by Gasteiger charge is 1.99. The summed E-state index contributed by atoms with van der Waals surface area (Å²) in [5, 5.41) is 8.67. The lowest BCUT2D eigenvalue weighted by molar-refractivity contribution is 0.265. The maximum atomic E-state index is 8.67. The third-order valence-corrected chi connectivity index (χ3v) is 2.80. The molecule has 1 atom stereocenters. The summed E-state index contributed by atoms with van der Waals surface area (Å²) in [5.41, 5.74) is 8.06. The zero-order chi connectivity index (χ0) is 14.6. The van der Waals surface area contributed by atoms with E-state index >= 15 is 0 Å². The summed E-state index contributed by atoms with van der Waals surface area (Å²) in [5.74, 6) is 0. The van der Waals surface area contributed by atoms with Crippen LogP contribution in [0.15, 0.2) is 73.3 Å². The molecule has 106 valence electrons. The van der Waals surface area contributed by atoms with Gasteiger partial charge in [0.15, 0.2) is 0 Å². The van der Waals surface area contributed by atoms with Crippen molar-refractivity contribution in [3.05, 3.63) is 84.4 Å². The molecule has 2 rings (SSSR count). The largest absolute Gasteiger partial charge is 0.395 e. The van der Waals surface area contributed by atoms with Crippen molar-refractivity contribution < 1.29 is 5.11 Å². The van der Waals surface area contributed by atoms with E-state index in [9.17, 15) is 0 Å². The van der Waals surface area contributed by atoms with Crippen molar-refractivity contribution in [1.82, 2.24) is 0 Å². The van der Waals surface area contributed by atoms with Gasteiger partial charge in [0.2, 0.25) is 0 Å². The molecule has 0 saturated carbocycles. The molecule has 2 aromatic rings. The van der Waals surface area contributed by atoms with Gasteiger partial charge < -0.3 is 10.8 Å². The van der Waals surface area contributed by atoms with Gasteiger partial charge in [-0.05, 0) is 24.0 Å². The Bertz CT molecular complexity index is 467. The quantitative estimate of drug-likeness (QED) is 0.820. The van der Waals surface area contributed by atoms with Gasteiger partial charge in [-0.1, -0.05) is 66.7 Å². The monoisotopic (exact) mass is 269 g/mol. The molecule has 2 nitrogen and oxygen atoms in total. The average molecular weight is 269 g/mol. The van der Waals surface area contributed by atoms with Crippen LogP contribution in [-0.2, 0) is 12.8 Å². The van der Waals surface area contributed by atoms with Crippen LogP contribution in [0, 0.1) is 0 Å². The van der Waals surface area contributed by atoms with Crippen molar-refractivity contribution in [3.63, 3.8) is 0 Å². The number of aliphatic hydroxyl groups is 1. The van der Waals surface area contributed by atoms with E-state index in [1.807, 2.05) is 54.6 Å². The Morgan fingerprint density at radius 1 is 0.950 bits per heavy atom. The zero-order valence-electron chi connectivity index (χ0n) is 11.8. The predicted octanol–water partition coefficient (Wildman–Crippen LogP) is 2.96. The summed E-state index contributed by atoms with van der Waals surface area (Å²) in [6.07, 6.45) is 3.63. The van der Waals surface area contributed by atoms with Crippen LogP contribution in [0.5, 0.6) is 0 Å². The average Bonchev–Trinajstić information content (AvgIpc) is 2.50. The maximum Gasteiger partial charge on any atom is 0.0585 e. The second-order valence-corrected chi connectivity index (χ2v) is 4.61. The van der Waals surface area contributed by atoms with Crippen molar-refractivity contribution in [2.24, 2.45) is 5.73 Å². The van der Waals surface area contributed by atoms with E-state index < -0.39 is 0 Å². The van der Waals surface area contributed by atoms with Crippen molar-refractivity contribution in [3.8, 4) is 0 Å². The molecule has 20 heavy (non-hydrogen) atoms. The van der Waals surface area contributed by atoms with E-state index in [1.54, 1.807) is 0 Å². The molecule has 0 radical (unpaired) electrons. The van der Waals surface area contributed by atoms with Gasteiger partial charge in [-0.25, -0.2) is 0 Å². The number of allylic oxidation sites excluding steroid dienone is 1. The Morgan fingerprint density at radius 2 is 1.45 bits per heavy atom. The van der Waals surface area contributed by atoms with Gasteiger partial charge in [0, 0.05) is 6.04 Å². The van der Waals surface area contributed by atoms with Gasteiger partial charge >= 0.3 is 0 Å². The fraction of sp³-hybridized carbons (Fsp3) is 0.222. The molecule has 0 unspecified atom stereocenters. The smallest absolute Gasteiger partial charge is 0.0585 e. The Kier molecular flexibility index (Phi) is 8.04. The number of nitrogens with two attached hydrogens (primary N) is 1. The Hall–Kier alpha value is -1.90. The zero-order valence-corrected chi connectivity index (χ0v) is 11.8. The summed E-state index contributed by atoms with van der Waals surface area (Å²) in [6, 6.07) is 20.1. The summed E-state index contributed by atoms with van der Waals surface area (Å²) >= 11 is 0. The fourth-order valence-electron chi connectivity index (χ4n) is 1.76. The Balaban J connectivity index is 0.000000204. The van der Waals surface area contributed by atoms with Gasteiger partial charge in [-0.15, -0.1) is 6.58 Å². The highest BCUT2D eigenvalue weighted by molar-refractivity contribution is 5.17. The van der Waals surface area contributed by atoms with Crippen LogP contribution < -0.4 is 5.73 Å². The molecular formula is C18H23NO. The van der Waals surface area contributed by atoms with Crippen LogP contribution in [0.1, 0.15) is 11.1 Å². The first-order valence-electron chi connectivity index (χ1n) is 6.81. The van der Waals surface area contributed by atoms with Crippen molar-refractivity contribution in [2.75, 3.05) is 6.61 Å². The van der Waals surface area contributed by atoms with Crippen LogP contribution in [0.3, 0.4) is 0 Å². The van der Waals surface area contributed by atoms with Gasteiger partial charge in [-0.2, -0.15) is 0 Å². The fourth-order valence-corrected chi connectivity index (χ4v) is 1.76. The van der Waals surface area contributed by atoms with Crippen LogP contribution in [0.4, 0.5) is 0 Å². The number of hydrogen-bond acceptors (Lipinski definition) is 2. The first kappa shape index (κ1) is 16.2. The lowest BCUT2D eigenvalue weighted by Gasteiger charge is -2.06. The molecule has 0 aliphatic carbocycles. The van der Waals surface area contributed by atoms with Crippen LogP contribution in [-0.4, -0.2) is 17.8 Å². The minimum absolute atomic E-state index is 0.0505. The van der Waals surface area contributed by atoms with Crippen LogP contribution >= 0.6 is 0 Å². The third kappa shape index (κ3) is 6.88. The van der Waals surface area contributed by atoms with E-state index in [0.717, 1.165) is 12.8 Å². The molecule has 2 aromatic carbocycles. The first-order valence-corrected chi connectivity index (χ1v) is 6.81. The molecule has 0 amide bonds. The Morgan fingerprint density at radius 3 is 1.90 bits per heavy atom. The number of rotatable bonds is 5. The molecule has 2 heteroatoms. The van der Waals surface area contributed by atoms with E-state index in [-0.39, 0.29) is 12.6 Å². The van der Waals surface area contributed by atoms with Gasteiger partial charge in [0.05, 0.1) is 6.61 Å². The van der Waals surface area contributed by atoms with E-state index in [1.165, 1.54) is 11.1 Å². The number of hydrogen-bond donors (Lipinski definition) is 2. The summed E-state index contributed by atoms with van der Waals surface area (Å²) in [6.45, 7) is 3.71. The normalized spacial score (nSPS) is 11.1. The molecule has 0 aromatic heterocycles. The lowest BCUT2D eigenvalue weighted by atomic mass is 10.1. The molecule has 0 saturated heterocycles. The molecule has 0 bridgehead atoms. The second kappa shape index (κ2) is 9.96. The van der Waals surface area contributed by atoms with Gasteiger partial charge in [0.25, 0.3) is 0 Å². The van der Waals surface area contributed by atoms with Crippen molar-refractivity contribution >= 4 is 0 Å². The summed E-state index contributed by atoms with van der Waals surface area (Å²) in [4.78, 5) is 0. The molecule has 0 heterocycles. The van der Waals surface area contributed by atoms with E-state index in [2.05, 4.69) is 18.7 Å². The van der Waals surface area contributed by atoms with Gasteiger partial charge in [-0.3, -0.25) is 0 Å². The summed E-state index contributed by atoms with van der Waals surface area (Å²) in [7, 11) is 0. The van der Waals surface area contributed by atoms with E-state index in [0.29, 0.717) is 0 Å². The molecule has 0 aliphatic heterocycles. The topological polar surface area (TPSA) is 46.2 Å².